The van der Waals surface area contributed by atoms with Gasteiger partial charge in [-0.15, -0.1) is 0 Å². The maximum Gasteiger partial charge on any atom is 0.516 e. The van der Waals surface area contributed by atoms with Crippen molar-refractivity contribution in [3.8, 4) is 0 Å². The third kappa shape index (κ3) is 6.62. The minimum atomic E-state index is -3.03. The molecule has 0 heterocycles. The Morgan fingerprint density at radius 1 is 0.621 bits per heavy atom. The first kappa shape index (κ1) is 21.9. The van der Waals surface area contributed by atoms with Crippen LogP contribution in [0.3, 0.4) is 0 Å². The van der Waals surface area contributed by atoms with Crippen LogP contribution < -0.4 is 0 Å². The Labute approximate surface area is 183 Å². The van der Waals surface area contributed by atoms with Crippen LogP contribution in [0.4, 0.5) is 0 Å². The standard InChI is InChI=1S/C24H27BrO3Si/c1-2-24(25)29(26-18-21-12-6-3-7-13-21,27-19-22-14-8-4-9-15-22)28-20-23-16-10-5-11-17-23/h3-17,24H,2,18-20H2,1H3. The van der Waals surface area contributed by atoms with Gasteiger partial charge in [-0.2, -0.15) is 0 Å². The first-order valence-electron chi connectivity index (χ1n) is 9.89. The predicted octanol–water partition coefficient (Wildman–Crippen LogP) is 6.29. The van der Waals surface area contributed by atoms with E-state index < -0.39 is 8.80 Å². The molecule has 0 bridgehead atoms. The largest absolute Gasteiger partial charge is 0.516 e. The number of benzene rings is 3. The van der Waals surface area contributed by atoms with Gasteiger partial charge < -0.3 is 13.3 Å². The van der Waals surface area contributed by atoms with Gasteiger partial charge in [-0.25, -0.2) is 0 Å². The lowest BCUT2D eigenvalue weighted by atomic mass is 10.2. The van der Waals surface area contributed by atoms with Crippen molar-refractivity contribution in [2.24, 2.45) is 0 Å². The van der Waals surface area contributed by atoms with Gasteiger partial charge >= 0.3 is 8.80 Å². The van der Waals surface area contributed by atoms with E-state index in [1.807, 2.05) is 54.6 Å². The van der Waals surface area contributed by atoms with Gasteiger partial charge in [-0.1, -0.05) is 114 Å². The van der Waals surface area contributed by atoms with Gasteiger partial charge in [0, 0.05) is 0 Å². The summed E-state index contributed by atoms with van der Waals surface area (Å²) in [5.74, 6) is 0. The number of hydrogen-bond donors (Lipinski definition) is 0. The first-order chi connectivity index (χ1) is 14.2. The molecule has 0 aromatic heterocycles. The highest BCUT2D eigenvalue weighted by Gasteiger charge is 2.48. The number of alkyl halides is 1. The van der Waals surface area contributed by atoms with Crippen molar-refractivity contribution in [1.29, 1.82) is 0 Å². The molecule has 0 aliphatic rings. The summed E-state index contributed by atoms with van der Waals surface area (Å²) in [5, 5.41) is 0. The SMILES string of the molecule is CCC(Br)[Si](OCc1ccccc1)(OCc1ccccc1)OCc1ccccc1. The summed E-state index contributed by atoms with van der Waals surface area (Å²) in [4.78, 5) is 0. The van der Waals surface area contributed by atoms with Crippen LogP contribution in [0.1, 0.15) is 30.0 Å². The summed E-state index contributed by atoms with van der Waals surface area (Å²) < 4.78 is 19.4. The van der Waals surface area contributed by atoms with Crippen molar-refractivity contribution in [2.45, 2.75) is 37.6 Å². The van der Waals surface area contributed by atoms with Crippen molar-refractivity contribution >= 4 is 24.7 Å². The summed E-state index contributed by atoms with van der Waals surface area (Å²) in [6.07, 6.45) is 0.852. The minimum Gasteiger partial charge on any atom is -0.368 e. The van der Waals surface area contributed by atoms with Crippen molar-refractivity contribution in [1.82, 2.24) is 0 Å². The zero-order valence-electron chi connectivity index (χ0n) is 16.7. The van der Waals surface area contributed by atoms with Crippen LogP contribution in [0.25, 0.3) is 0 Å². The highest BCUT2D eigenvalue weighted by molar-refractivity contribution is 9.10. The van der Waals surface area contributed by atoms with E-state index in [1.54, 1.807) is 0 Å². The van der Waals surface area contributed by atoms with Gasteiger partial charge in [0.25, 0.3) is 0 Å². The third-order valence-electron chi connectivity index (χ3n) is 4.59. The average molecular weight is 471 g/mol. The fourth-order valence-electron chi connectivity index (χ4n) is 2.92. The van der Waals surface area contributed by atoms with Crippen LogP contribution in [0, 0.1) is 0 Å². The van der Waals surface area contributed by atoms with E-state index in [0.29, 0.717) is 19.8 Å². The molecule has 3 aromatic rings. The molecule has 0 aliphatic heterocycles. The number of rotatable bonds is 11. The summed E-state index contributed by atoms with van der Waals surface area (Å²) in [5.41, 5.74) is 3.31. The molecule has 0 aliphatic carbocycles. The monoisotopic (exact) mass is 470 g/mol. The summed E-state index contributed by atoms with van der Waals surface area (Å²) in [7, 11) is -3.03. The molecule has 5 heteroatoms. The second kappa shape index (κ2) is 11.4. The molecule has 1 atom stereocenters. The Balaban J connectivity index is 1.80. The summed E-state index contributed by atoms with van der Waals surface area (Å²) in [6, 6.07) is 30.5. The highest BCUT2D eigenvalue weighted by atomic mass is 79.9. The molecule has 0 amide bonds. The maximum absolute atomic E-state index is 6.46. The minimum absolute atomic E-state index is 0.00568. The zero-order valence-corrected chi connectivity index (χ0v) is 19.3. The van der Waals surface area contributed by atoms with Crippen LogP contribution >= 0.6 is 15.9 Å². The quantitative estimate of drug-likeness (QED) is 0.243. The molecular weight excluding hydrogens is 444 g/mol. The fourth-order valence-corrected chi connectivity index (χ4v) is 6.51. The van der Waals surface area contributed by atoms with Crippen molar-refractivity contribution in [2.75, 3.05) is 0 Å². The maximum atomic E-state index is 6.46. The summed E-state index contributed by atoms with van der Waals surface area (Å²) in [6.45, 7) is 3.49. The van der Waals surface area contributed by atoms with Crippen LogP contribution in [0.2, 0.25) is 0 Å². The van der Waals surface area contributed by atoms with Crippen LogP contribution in [-0.4, -0.2) is 13.3 Å². The Hall–Kier alpha value is -1.76. The van der Waals surface area contributed by atoms with Crippen LogP contribution in [0.5, 0.6) is 0 Å². The first-order valence-corrected chi connectivity index (χ1v) is 12.6. The van der Waals surface area contributed by atoms with Crippen LogP contribution in [-0.2, 0) is 33.1 Å². The molecule has 3 aromatic carbocycles. The molecule has 3 nitrogen and oxygen atoms in total. The fraction of sp³-hybridized carbons (Fsp3) is 0.250. The normalized spacial score (nSPS) is 12.6. The van der Waals surface area contributed by atoms with Gasteiger partial charge in [0.15, 0.2) is 0 Å². The van der Waals surface area contributed by atoms with E-state index in [0.717, 1.165) is 23.1 Å². The summed E-state index contributed by atoms with van der Waals surface area (Å²) >= 11 is 3.81. The van der Waals surface area contributed by atoms with Crippen molar-refractivity contribution in [3.63, 3.8) is 0 Å². The van der Waals surface area contributed by atoms with E-state index in [1.165, 1.54) is 0 Å². The van der Waals surface area contributed by atoms with Gasteiger partial charge in [0.2, 0.25) is 0 Å². The van der Waals surface area contributed by atoms with Gasteiger partial charge in [-0.3, -0.25) is 0 Å². The molecule has 3 rings (SSSR count). The smallest absolute Gasteiger partial charge is 0.368 e. The second-order valence-electron chi connectivity index (χ2n) is 6.80. The lowest BCUT2D eigenvalue weighted by Crippen LogP contribution is -2.53. The third-order valence-corrected chi connectivity index (χ3v) is 9.74. The molecule has 0 radical (unpaired) electrons. The molecule has 0 spiro atoms. The molecule has 152 valence electrons. The van der Waals surface area contributed by atoms with Crippen molar-refractivity contribution < 1.29 is 13.3 Å². The van der Waals surface area contributed by atoms with E-state index >= 15 is 0 Å². The lowest BCUT2D eigenvalue weighted by Gasteiger charge is -2.33. The number of hydrogen-bond acceptors (Lipinski definition) is 3. The Morgan fingerprint density at radius 2 is 0.931 bits per heavy atom. The Bertz CT molecular complexity index is 724. The molecular formula is C24H27BrO3Si. The molecule has 1 unspecified atom stereocenters. The average Bonchev–Trinajstić information content (AvgIpc) is 2.80. The van der Waals surface area contributed by atoms with Gasteiger partial charge in [0.1, 0.15) is 0 Å². The van der Waals surface area contributed by atoms with E-state index in [-0.39, 0.29) is 4.45 Å². The molecule has 0 saturated heterocycles. The van der Waals surface area contributed by atoms with E-state index in [4.69, 9.17) is 13.3 Å². The molecule has 0 fully saturated rings. The van der Waals surface area contributed by atoms with Crippen LogP contribution in [0.15, 0.2) is 91.0 Å². The van der Waals surface area contributed by atoms with Crippen molar-refractivity contribution in [3.05, 3.63) is 108 Å². The molecule has 29 heavy (non-hydrogen) atoms. The highest BCUT2D eigenvalue weighted by Crippen LogP contribution is 2.28. The lowest BCUT2D eigenvalue weighted by molar-refractivity contribution is 0.0413. The molecule has 0 saturated carbocycles. The van der Waals surface area contributed by atoms with E-state index in [2.05, 4.69) is 59.3 Å². The zero-order chi connectivity index (χ0) is 20.4. The Kier molecular flexibility index (Phi) is 8.64. The number of halogens is 1. The molecule has 0 N–H and O–H groups in total. The Morgan fingerprint density at radius 3 is 1.21 bits per heavy atom. The second-order valence-corrected chi connectivity index (χ2v) is 11.5. The topological polar surface area (TPSA) is 27.7 Å². The van der Waals surface area contributed by atoms with Gasteiger partial charge in [0.05, 0.1) is 24.3 Å². The van der Waals surface area contributed by atoms with E-state index in [9.17, 15) is 0 Å². The van der Waals surface area contributed by atoms with Gasteiger partial charge in [-0.05, 0) is 23.1 Å². The predicted molar refractivity (Wildman–Crippen MR) is 122 cm³/mol.